The predicted octanol–water partition coefficient (Wildman–Crippen LogP) is 6.34. The van der Waals surface area contributed by atoms with Crippen molar-refractivity contribution in [2.45, 2.75) is 45.6 Å². The largest absolute Gasteiger partial charge is 0.340 e. The van der Waals surface area contributed by atoms with E-state index in [0.717, 1.165) is 45.6 Å². The Labute approximate surface area is 213 Å². The van der Waals surface area contributed by atoms with Crippen LogP contribution in [0.4, 0.5) is 4.39 Å². The van der Waals surface area contributed by atoms with E-state index in [0.29, 0.717) is 17.6 Å². The highest BCUT2D eigenvalue weighted by Crippen LogP contribution is 2.37. The van der Waals surface area contributed by atoms with Gasteiger partial charge in [-0.15, -0.1) is 0 Å². The smallest absolute Gasteiger partial charge is 0.283 e. The number of para-hydroxylation sites is 1. The number of aliphatic imine (C=N–C) groups is 1. The molecule has 8 heteroatoms. The lowest BCUT2D eigenvalue weighted by Gasteiger charge is -2.20. The molecule has 1 aromatic heterocycles. The molecule has 0 unspecified atom stereocenters. The molecular weight excluding hydrogens is 473 g/mol. The van der Waals surface area contributed by atoms with E-state index in [1.807, 2.05) is 31.2 Å². The molecule has 36 heavy (non-hydrogen) atoms. The molecule has 2 aliphatic heterocycles. The van der Waals surface area contributed by atoms with E-state index in [-0.39, 0.29) is 17.2 Å². The van der Waals surface area contributed by atoms with Gasteiger partial charge in [-0.05, 0) is 61.4 Å². The Bertz CT molecular complexity index is 1480. The number of hydrazone groups is 1. The Morgan fingerprint density at radius 1 is 1.11 bits per heavy atom. The van der Waals surface area contributed by atoms with E-state index in [1.165, 1.54) is 48.2 Å². The summed E-state index contributed by atoms with van der Waals surface area (Å²) in [5.74, 6) is -0.215. The van der Waals surface area contributed by atoms with Crippen LogP contribution in [-0.4, -0.2) is 31.5 Å². The summed E-state index contributed by atoms with van der Waals surface area (Å²) in [6.45, 7) is 2.58. The molecule has 3 aromatic rings. The number of fused-ring (bicyclic) bond motifs is 2. The monoisotopic (exact) mass is 499 g/mol. The first-order valence-corrected chi connectivity index (χ1v) is 13.1. The van der Waals surface area contributed by atoms with E-state index < -0.39 is 5.91 Å². The van der Waals surface area contributed by atoms with Crippen molar-refractivity contribution in [3.05, 3.63) is 76.7 Å². The minimum absolute atomic E-state index is 0.0677. The van der Waals surface area contributed by atoms with Crippen molar-refractivity contribution < 1.29 is 9.18 Å². The molecule has 0 saturated heterocycles. The van der Waals surface area contributed by atoms with Crippen LogP contribution in [0, 0.1) is 24.1 Å². The molecule has 0 spiro atoms. The zero-order valence-corrected chi connectivity index (χ0v) is 20.8. The van der Waals surface area contributed by atoms with Gasteiger partial charge in [0.15, 0.2) is 5.84 Å². The summed E-state index contributed by atoms with van der Waals surface area (Å²) in [6, 6.07) is 14.5. The molecule has 3 aliphatic rings. The van der Waals surface area contributed by atoms with Gasteiger partial charge >= 0.3 is 0 Å². The highest BCUT2D eigenvalue weighted by Gasteiger charge is 2.38. The van der Waals surface area contributed by atoms with Crippen LogP contribution in [0.1, 0.15) is 48.9 Å². The van der Waals surface area contributed by atoms with Crippen molar-refractivity contribution in [1.29, 1.82) is 5.41 Å². The Morgan fingerprint density at radius 3 is 2.64 bits per heavy atom. The second-order valence-electron chi connectivity index (χ2n) is 9.52. The van der Waals surface area contributed by atoms with Gasteiger partial charge in [0, 0.05) is 34.6 Å². The molecule has 0 bridgehead atoms. The number of amidine groups is 2. The van der Waals surface area contributed by atoms with Gasteiger partial charge in [-0.3, -0.25) is 10.2 Å². The molecule has 0 atom stereocenters. The summed E-state index contributed by atoms with van der Waals surface area (Å²) in [5, 5.41) is 17.5. The van der Waals surface area contributed by atoms with Gasteiger partial charge in [-0.1, -0.05) is 49.6 Å². The van der Waals surface area contributed by atoms with Gasteiger partial charge in [-0.25, -0.2) is 4.39 Å². The first-order chi connectivity index (χ1) is 17.5. The molecule has 182 valence electrons. The van der Waals surface area contributed by atoms with Crippen LogP contribution in [0.15, 0.2) is 64.2 Å². The molecular formula is C28H26FN5OS. The molecule has 1 amide bonds. The number of hydrogen-bond donors (Lipinski definition) is 1. The highest BCUT2D eigenvalue weighted by molar-refractivity contribution is 8.27. The third kappa shape index (κ3) is 3.99. The molecule has 1 aliphatic carbocycles. The van der Waals surface area contributed by atoms with Crippen LogP contribution in [0.25, 0.3) is 17.0 Å². The molecule has 0 radical (unpaired) electrons. The number of rotatable bonds is 4. The van der Waals surface area contributed by atoms with Crippen LogP contribution in [0.3, 0.4) is 0 Å². The first kappa shape index (κ1) is 22.9. The number of carbonyl (C=O) groups excluding carboxylic acids is 1. The number of nitrogens with zero attached hydrogens (tertiary/aromatic N) is 4. The predicted molar refractivity (Wildman–Crippen MR) is 144 cm³/mol. The van der Waals surface area contributed by atoms with Crippen LogP contribution < -0.4 is 0 Å². The Hall–Kier alpha value is -3.52. The lowest BCUT2D eigenvalue weighted by atomic mass is 9.90. The van der Waals surface area contributed by atoms with Crippen molar-refractivity contribution in [3.63, 3.8) is 0 Å². The third-order valence-corrected chi connectivity index (χ3v) is 8.32. The Kier molecular flexibility index (Phi) is 5.84. The minimum atomic E-state index is -0.409. The number of nitrogens with one attached hydrogen (secondary N) is 1. The van der Waals surface area contributed by atoms with Gasteiger partial charge in [0.1, 0.15) is 10.9 Å². The summed E-state index contributed by atoms with van der Waals surface area (Å²) >= 11 is 1.44. The van der Waals surface area contributed by atoms with E-state index in [1.54, 1.807) is 18.2 Å². The average molecular weight is 500 g/mol. The Morgan fingerprint density at radius 2 is 1.86 bits per heavy atom. The maximum Gasteiger partial charge on any atom is 0.283 e. The SMILES string of the molecule is Cc1c(/C=C2/C(=N)N3N=C(C4CCCCC4)SC3=NC2=O)c2ccccc2n1Cc1ccc(F)cc1. The van der Waals surface area contributed by atoms with Gasteiger partial charge < -0.3 is 4.57 Å². The number of thioether (sulfide) groups is 1. The zero-order chi connectivity index (χ0) is 24.8. The van der Waals surface area contributed by atoms with Crippen molar-refractivity contribution in [2.24, 2.45) is 16.0 Å². The van der Waals surface area contributed by atoms with Crippen molar-refractivity contribution >= 4 is 50.7 Å². The zero-order valence-electron chi connectivity index (χ0n) is 20.0. The van der Waals surface area contributed by atoms with Crippen LogP contribution in [0.2, 0.25) is 0 Å². The third-order valence-electron chi connectivity index (χ3n) is 7.25. The Balaban J connectivity index is 1.38. The van der Waals surface area contributed by atoms with Crippen LogP contribution >= 0.6 is 11.8 Å². The number of hydrogen-bond acceptors (Lipinski definition) is 4. The lowest BCUT2D eigenvalue weighted by Crippen LogP contribution is -2.35. The van der Waals surface area contributed by atoms with E-state index in [9.17, 15) is 9.18 Å². The molecule has 3 heterocycles. The number of aromatic nitrogens is 1. The van der Waals surface area contributed by atoms with Crippen LogP contribution in [-0.2, 0) is 11.3 Å². The topological polar surface area (TPSA) is 73.8 Å². The summed E-state index contributed by atoms with van der Waals surface area (Å²) in [4.78, 5) is 17.4. The molecule has 1 saturated carbocycles. The standard InChI is InChI=1S/C28H26FN5OS/c1-17-22(21-9-5-6-10-24(21)33(17)16-18-11-13-20(29)14-12-18)15-23-25(30)34-28(31-26(23)35)36-27(32-34)19-7-3-2-4-8-19/h5-6,9-15,19,30H,2-4,7-8,16H2,1H3/b23-15-,30-25?. The second kappa shape index (κ2) is 9.17. The van der Waals surface area contributed by atoms with Gasteiger partial charge in [0.25, 0.3) is 5.91 Å². The molecule has 2 aromatic carbocycles. The van der Waals surface area contributed by atoms with Gasteiger partial charge in [-0.2, -0.15) is 15.1 Å². The fraction of sp³-hybridized carbons (Fsp3) is 0.286. The van der Waals surface area contributed by atoms with E-state index in [4.69, 9.17) is 10.5 Å². The molecule has 1 N–H and O–H groups in total. The number of amides is 1. The summed E-state index contributed by atoms with van der Waals surface area (Å²) in [5.41, 5.74) is 4.07. The quantitative estimate of drug-likeness (QED) is 0.426. The first-order valence-electron chi connectivity index (χ1n) is 12.3. The summed E-state index contributed by atoms with van der Waals surface area (Å²) in [7, 11) is 0. The van der Waals surface area contributed by atoms with Crippen LogP contribution in [0.5, 0.6) is 0 Å². The van der Waals surface area contributed by atoms with E-state index in [2.05, 4.69) is 9.56 Å². The van der Waals surface area contributed by atoms with E-state index >= 15 is 0 Å². The normalized spacial score (nSPS) is 19.7. The molecule has 6 rings (SSSR count). The number of carbonyl (C=O) groups is 1. The van der Waals surface area contributed by atoms with Gasteiger partial charge in [0.2, 0.25) is 5.17 Å². The fourth-order valence-corrected chi connectivity index (χ4v) is 6.34. The van der Waals surface area contributed by atoms with Crippen molar-refractivity contribution in [2.75, 3.05) is 0 Å². The van der Waals surface area contributed by atoms with Crippen molar-refractivity contribution in [1.82, 2.24) is 9.58 Å². The molecule has 6 nitrogen and oxygen atoms in total. The van der Waals surface area contributed by atoms with Crippen molar-refractivity contribution in [3.8, 4) is 0 Å². The maximum absolute atomic E-state index is 13.4. The highest BCUT2D eigenvalue weighted by atomic mass is 32.2. The van der Waals surface area contributed by atoms with Gasteiger partial charge in [0.05, 0.1) is 5.57 Å². The maximum atomic E-state index is 13.4. The summed E-state index contributed by atoms with van der Waals surface area (Å²) < 4.78 is 15.6. The molecule has 1 fully saturated rings. The second-order valence-corrected chi connectivity index (χ2v) is 10.5. The fourth-order valence-electron chi connectivity index (χ4n) is 5.28. The lowest BCUT2D eigenvalue weighted by molar-refractivity contribution is -0.114. The average Bonchev–Trinajstić information content (AvgIpc) is 3.43. The minimum Gasteiger partial charge on any atom is -0.340 e. The number of benzene rings is 2. The summed E-state index contributed by atoms with van der Waals surface area (Å²) in [6.07, 6.45) is 7.63. The number of halogens is 1.